The number of methoxy groups -OCH3 is 1. The molecule has 2 aromatic rings. The van der Waals surface area contributed by atoms with Crippen LogP contribution in [0.25, 0.3) is 11.1 Å². The van der Waals surface area contributed by atoms with Crippen molar-refractivity contribution in [2.24, 2.45) is 5.92 Å². The number of oxazole rings is 1. The second-order valence-corrected chi connectivity index (χ2v) is 4.87. The second-order valence-electron chi connectivity index (χ2n) is 4.87. The Morgan fingerprint density at radius 1 is 1.47 bits per heavy atom. The van der Waals surface area contributed by atoms with Gasteiger partial charge in [-0.1, -0.05) is 6.42 Å². The number of benzene rings is 1. The minimum Gasteiger partial charge on any atom is -0.497 e. The van der Waals surface area contributed by atoms with E-state index in [1.54, 1.807) is 25.3 Å². The molecule has 100 valence electrons. The number of carboxylic acids is 1. The Kier molecular flexibility index (Phi) is 2.89. The van der Waals surface area contributed by atoms with Crippen LogP contribution >= 0.6 is 0 Å². The van der Waals surface area contributed by atoms with Crippen LogP contribution in [0, 0.1) is 5.92 Å². The predicted molar refractivity (Wildman–Crippen MR) is 68.3 cm³/mol. The van der Waals surface area contributed by atoms with Crippen molar-refractivity contribution < 1.29 is 19.1 Å². The zero-order valence-corrected chi connectivity index (χ0v) is 10.6. The molecule has 0 aliphatic heterocycles. The van der Waals surface area contributed by atoms with Crippen molar-refractivity contribution >= 4 is 17.1 Å². The average Bonchev–Trinajstić information content (AvgIpc) is 3.03. The molecule has 1 aliphatic rings. The lowest BCUT2D eigenvalue weighted by Gasteiger charge is -2.10. The molecule has 0 spiro atoms. The second kappa shape index (κ2) is 4.57. The van der Waals surface area contributed by atoms with E-state index >= 15 is 0 Å². The van der Waals surface area contributed by atoms with E-state index in [0.717, 1.165) is 12.8 Å². The third kappa shape index (κ3) is 2.05. The van der Waals surface area contributed by atoms with Gasteiger partial charge in [0.25, 0.3) is 0 Å². The number of nitrogens with zero attached hydrogens (tertiary/aromatic N) is 1. The van der Waals surface area contributed by atoms with Crippen molar-refractivity contribution in [1.82, 2.24) is 4.98 Å². The highest BCUT2D eigenvalue weighted by atomic mass is 16.5. The molecule has 1 saturated carbocycles. The molecule has 19 heavy (non-hydrogen) atoms. The maximum Gasteiger partial charge on any atom is 0.307 e. The molecular formula is C14H15NO4. The van der Waals surface area contributed by atoms with Crippen molar-refractivity contribution in [2.75, 3.05) is 7.11 Å². The number of carbonyl (C=O) groups is 1. The lowest BCUT2D eigenvalue weighted by Crippen LogP contribution is -2.16. The summed E-state index contributed by atoms with van der Waals surface area (Å²) in [4.78, 5) is 15.6. The van der Waals surface area contributed by atoms with Gasteiger partial charge in [-0.15, -0.1) is 0 Å². The molecule has 1 heterocycles. The fourth-order valence-corrected chi connectivity index (χ4v) is 2.76. The Balaban J connectivity index is 1.98. The number of ether oxygens (including phenoxy) is 1. The van der Waals surface area contributed by atoms with Gasteiger partial charge in [0.1, 0.15) is 11.3 Å². The molecule has 0 bridgehead atoms. The van der Waals surface area contributed by atoms with Gasteiger partial charge in [0.15, 0.2) is 11.5 Å². The topological polar surface area (TPSA) is 72.6 Å². The summed E-state index contributed by atoms with van der Waals surface area (Å²) in [6, 6.07) is 5.41. The zero-order valence-electron chi connectivity index (χ0n) is 10.6. The number of aliphatic carboxylic acids is 1. The van der Waals surface area contributed by atoms with E-state index < -0.39 is 5.97 Å². The standard InChI is InChI=1S/C14H15NO4/c1-18-8-5-6-12-11(7-8)15-13(19-12)9-3-2-4-10(9)14(16)17/h5-7,9-10H,2-4H2,1H3,(H,16,17). The molecule has 1 fully saturated rings. The smallest absolute Gasteiger partial charge is 0.307 e. The Morgan fingerprint density at radius 3 is 3.05 bits per heavy atom. The minimum atomic E-state index is -0.762. The van der Waals surface area contributed by atoms with E-state index in [1.165, 1.54) is 0 Å². The first kappa shape index (κ1) is 12.0. The Hall–Kier alpha value is -2.04. The van der Waals surface area contributed by atoms with Crippen LogP contribution < -0.4 is 4.74 Å². The van der Waals surface area contributed by atoms with Crippen LogP contribution in [0.1, 0.15) is 31.1 Å². The fourth-order valence-electron chi connectivity index (χ4n) is 2.76. The van der Waals surface area contributed by atoms with Gasteiger partial charge >= 0.3 is 5.97 Å². The summed E-state index contributed by atoms with van der Waals surface area (Å²) in [6.07, 6.45) is 2.42. The highest BCUT2D eigenvalue weighted by molar-refractivity contribution is 5.75. The van der Waals surface area contributed by atoms with Gasteiger partial charge < -0.3 is 14.3 Å². The Morgan fingerprint density at radius 2 is 2.32 bits per heavy atom. The highest BCUT2D eigenvalue weighted by Gasteiger charge is 2.37. The SMILES string of the molecule is COc1ccc2oc(C3CCCC3C(=O)O)nc2c1. The molecule has 5 nitrogen and oxygen atoms in total. The van der Waals surface area contributed by atoms with Gasteiger partial charge in [0.05, 0.1) is 13.0 Å². The van der Waals surface area contributed by atoms with Gasteiger partial charge in [-0.05, 0) is 25.0 Å². The number of hydrogen-bond donors (Lipinski definition) is 1. The minimum absolute atomic E-state index is 0.115. The molecule has 1 aliphatic carbocycles. The summed E-state index contributed by atoms with van der Waals surface area (Å²) >= 11 is 0. The predicted octanol–water partition coefficient (Wildman–Crippen LogP) is 2.80. The van der Waals surface area contributed by atoms with E-state index in [2.05, 4.69) is 4.98 Å². The van der Waals surface area contributed by atoms with E-state index in [9.17, 15) is 9.90 Å². The van der Waals surface area contributed by atoms with Crippen LogP contribution in [-0.4, -0.2) is 23.2 Å². The van der Waals surface area contributed by atoms with Crippen LogP contribution in [0.5, 0.6) is 5.75 Å². The van der Waals surface area contributed by atoms with E-state index in [4.69, 9.17) is 9.15 Å². The first-order valence-corrected chi connectivity index (χ1v) is 6.36. The molecule has 0 amide bonds. The normalized spacial score (nSPS) is 22.8. The summed E-state index contributed by atoms with van der Waals surface area (Å²) < 4.78 is 10.8. The molecular weight excluding hydrogens is 246 g/mol. The van der Waals surface area contributed by atoms with E-state index in [-0.39, 0.29) is 11.8 Å². The summed E-state index contributed by atoms with van der Waals surface area (Å²) in [5, 5.41) is 9.21. The Labute approximate surface area is 110 Å². The van der Waals surface area contributed by atoms with Crippen molar-refractivity contribution in [2.45, 2.75) is 25.2 Å². The number of aromatic nitrogens is 1. The molecule has 1 aromatic heterocycles. The largest absolute Gasteiger partial charge is 0.497 e. The van der Waals surface area contributed by atoms with Gasteiger partial charge in [-0.2, -0.15) is 0 Å². The Bertz CT molecular complexity index is 619. The zero-order chi connectivity index (χ0) is 13.4. The van der Waals surface area contributed by atoms with Gasteiger partial charge in [-0.3, -0.25) is 4.79 Å². The summed E-state index contributed by atoms with van der Waals surface area (Å²) in [7, 11) is 1.60. The lowest BCUT2D eigenvalue weighted by molar-refractivity contribution is -0.142. The van der Waals surface area contributed by atoms with Gasteiger partial charge in [-0.25, -0.2) is 4.98 Å². The molecule has 3 rings (SSSR count). The number of rotatable bonds is 3. The highest BCUT2D eigenvalue weighted by Crippen LogP contribution is 2.40. The van der Waals surface area contributed by atoms with Gasteiger partial charge in [0.2, 0.25) is 0 Å². The van der Waals surface area contributed by atoms with Crippen LogP contribution in [-0.2, 0) is 4.79 Å². The third-order valence-electron chi connectivity index (χ3n) is 3.76. The van der Waals surface area contributed by atoms with E-state index in [1.807, 2.05) is 0 Å². The molecule has 2 atom stereocenters. The van der Waals surface area contributed by atoms with Crippen molar-refractivity contribution in [3.63, 3.8) is 0 Å². The first-order chi connectivity index (χ1) is 9.19. The molecule has 0 saturated heterocycles. The van der Waals surface area contributed by atoms with Crippen molar-refractivity contribution in [3.05, 3.63) is 24.1 Å². The van der Waals surface area contributed by atoms with Crippen molar-refractivity contribution in [3.8, 4) is 5.75 Å². The van der Waals surface area contributed by atoms with E-state index in [0.29, 0.717) is 29.2 Å². The quantitative estimate of drug-likeness (QED) is 0.919. The average molecular weight is 261 g/mol. The van der Waals surface area contributed by atoms with Crippen LogP contribution in [0.2, 0.25) is 0 Å². The van der Waals surface area contributed by atoms with Crippen LogP contribution in [0.4, 0.5) is 0 Å². The van der Waals surface area contributed by atoms with Crippen molar-refractivity contribution in [1.29, 1.82) is 0 Å². The van der Waals surface area contributed by atoms with Crippen LogP contribution in [0.15, 0.2) is 22.6 Å². The molecule has 1 N–H and O–H groups in total. The summed E-state index contributed by atoms with van der Waals surface area (Å²) in [5.41, 5.74) is 1.39. The maximum atomic E-state index is 11.2. The molecule has 0 radical (unpaired) electrons. The third-order valence-corrected chi connectivity index (χ3v) is 3.76. The lowest BCUT2D eigenvalue weighted by atomic mass is 9.96. The summed E-state index contributed by atoms with van der Waals surface area (Å²) in [5.74, 6) is -0.00472. The van der Waals surface area contributed by atoms with Gasteiger partial charge in [0, 0.05) is 12.0 Å². The monoisotopic (exact) mass is 261 g/mol. The molecule has 5 heteroatoms. The molecule has 2 unspecified atom stereocenters. The number of fused-ring (bicyclic) bond motifs is 1. The number of carboxylic acid groups (broad SMARTS) is 1. The maximum absolute atomic E-state index is 11.2. The fraction of sp³-hybridized carbons (Fsp3) is 0.429. The first-order valence-electron chi connectivity index (χ1n) is 6.36. The number of hydrogen-bond acceptors (Lipinski definition) is 4. The summed E-state index contributed by atoms with van der Waals surface area (Å²) in [6.45, 7) is 0. The molecule has 1 aromatic carbocycles. The van der Waals surface area contributed by atoms with Crippen LogP contribution in [0.3, 0.4) is 0 Å².